The third kappa shape index (κ3) is 4.95. The maximum Gasteiger partial charge on any atom is 0.241 e. The number of hydrogen-bond acceptors (Lipinski definition) is 4. The predicted molar refractivity (Wildman–Crippen MR) is 115 cm³/mol. The fraction of sp³-hybridized carbons (Fsp3) is 0.391. The molecule has 154 valence electrons. The van der Waals surface area contributed by atoms with Crippen LogP contribution in [-0.4, -0.2) is 49.5 Å². The Morgan fingerprint density at radius 2 is 1.90 bits per heavy atom. The Morgan fingerprint density at radius 1 is 1.17 bits per heavy atom. The number of carbonyl (C=O) groups excluding carboxylic acids is 2. The number of amides is 2. The van der Waals surface area contributed by atoms with E-state index in [2.05, 4.69) is 5.32 Å². The highest BCUT2D eigenvalue weighted by atomic mass is 16.5. The van der Waals surface area contributed by atoms with Gasteiger partial charge >= 0.3 is 0 Å². The molecule has 6 nitrogen and oxygen atoms in total. The van der Waals surface area contributed by atoms with E-state index in [1.807, 2.05) is 67.3 Å². The lowest BCUT2D eigenvalue weighted by Crippen LogP contribution is -2.46. The average Bonchev–Trinajstić information content (AvgIpc) is 3.18. The van der Waals surface area contributed by atoms with Crippen LogP contribution in [0.5, 0.6) is 5.75 Å². The predicted octanol–water partition coefficient (Wildman–Crippen LogP) is 3.46. The van der Waals surface area contributed by atoms with E-state index >= 15 is 0 Å². The van der Waals surface area contributed by atoms with Gasteiger partial charge in [0, 0.05) is 17.9 Å². The molecular weight excluding hydrogens is 366 g/mol. The van der Waals surface area contributed by atoms with E-state index in [0.29, 0.717) is 6.54 Å². The molecule has 29 heavy (non-hydrogen) atoms. The molecule has 1 N–H and O–H groups in total. The van der Waals surface area contributed by atoms with Crippen molar-refractivity contribution in [1.82, 2.24) is 4.90 Å². The van der Waals surface area contributed by atoms with E-state index in [4.69, 9.17) is 4.74 Å². The van der Waals surface area contributed by atoms with Gasteiger partial charge in [-0.15, -0.1) is 0 Å². The van der Waals surface area contributed by atoms with Crippen molar-refractivity contribution in [3.63, 3.8) is 0 Å². The van der Waals surface area contributed by atoms with E-state index in [1.54, 1.807) is 12.0 Å². The molecule has 0 spiro atoms. The number of likely N-dealkylation sites (N-methyl/N-ethyl adjacent to an activating group) is 1. The smallest absolute Gasteiger partial charge is 0.241 e. The Morgan fingerprint density at radius 3 is 2.55 bits per heavy atom. The first-order valence-corrected chi connectivity index (χ1v) is 10.1. The van der Waals surface area contributed by atoms with Crippen molar-refractivity contribution in [1.29, 1.82) is 0 Å². The van der Waals surface area contributed by atoms with Crippen LogP contribution in [0.2, 0.25) is 0 Å². The number of methoxy groups -OCH3 is 1. The van der Waals surface area contributed by atoms with Gasteiger partial charge < -0.3 is 15.0 Å². The lowest BCUT2D eigenvalue weighted by Gasteiger charge is -2.28. The van der Waals surface area contributed by atoms with Crippen LogP contribution in [0, 0.1) is 6.92 Å². The highest BCUT2D eigenvalue weighted by Gasteiger charge is 2.33. The first kappa shape index (κ1) is 20.9. The molecule has 6 heteroatoms. The Bertz CT molecular complexity index is 851. The minimum absolute atomic E-state index is 0.0194. The summed E-state index contributed by atoms with van der Waals surface area (Å²) in [6, 6.07) is 14.9. The molecule has 0 aliphatic carbocycles. The third-order valence-corrected chi connectivity index (χ3v) is 5.39. The second-order valence-corrected chi connectivity index (χ2v) is 7.27. The van der Waals surface area contributed by atoms with Gasteiger partial charge in [0.1, 0.15) is 5.75 Å². The Labute approximate surface area is 172 Å². The molecule has 1 saturated heterocycles. The van der Waals surface area contributed by atoms with Gasteiger partial charge in [-0.1, -0.05) is 18.2 Å². The lowest BCUT2D eigenvalue weighted by atomic mass is 10.1. The number of para-hydroxylation sites is 1. The van der Waals surface area contributed by atoms with E-state index in [-0.39, 0.29) is 24.4 Å². The first-order valence-electron chi connectivity index (χ1n) is 10.1. The van der Waals surface area contributed by atoms with E-state index < -0.39 is 0 Å². The van der Waals surface area contributed by atoms with Gasteiger partial charge in [0.15, 0.2) is 0 Å². The molecule has 0 aromatic heterocycles. The lowest BCUT2D eigenvalue weighted by molar-refractivity contribution is -0.123. The zero-order chi connectivity index (χ0) is 20.8. The molecule has 3 rings (SSSR count). The highest BCUT2D eigenvalue weighted by molar-refractivity contribution is 5.98. The topological polar surface area (TPSA) is 61.9 Å². The molecule has 0 bridgehead atoms. The summed E-state index contributed by atoms with van der Waals surface area (Å²) in [6.07, 6.45) is 1.66. The van der Waals surface area contributed by atoms with E-state index in [1.165, 1.54) is 0 Å². The molecule has 0 radical (unpaired) electrons. The summed E-state index contributed by atoms with van der Waals surface area (Å²) in [5.74, 6) is 0.692. The van der Waals surface area contributed by atoms with Crippen molar-refractivity contribution < 1.29 is 14.3 Å². The molecule has 2 aromatic rings. The summed E-state index contributed by atoms with van der Waals surface area (Å²) < 4.78 is 5.15. The van der Waals surface area contributed by atoms with Gasteiger partial charge in [0.25, 0.3) is 0 Å². The van der Waals surface area contributed by atoms with E-state index in [9.17, 15) is 9.59 Å². The highest BCUT2D eigenvalue weighted by Crippen LogP contribution is 2.23. The maximum atomic E-state index is 13.0. The van der Waals surface area contributed by atoms with Crippen molar-refractivity contribution in [2.75, 3.05) is 37.0 Å². The van der Waals surface area contributed by atoms with Crippen LogP contribution in [0.3, 0.4) is 0 Å². The number of carbonyl (C=O) groups is 2. The molecule has 0 unspecified atom stereocenters. The average molecular weight is 396 g/mol. The quantitative estimate of drug-likeness (QED) is 0.780. The number of nitrogens with zero attached hydrogens (tertiary/aromatic N) is 2. The molecule has 1 aliphatic heterocycles. The van der Waals surface area contributed by atoms with Crippen LogP contribution >= 0.6 is 0 Å². The Hall–Kier alpha value is -2.86. The summed E-state index contributed by atoms with van der Waals surface area (Å²) in [7, 11) is 1.61. The standard InChI is InChI=1S/C23H29N3O3/c1-4-26(20-9-6-5-8-17(20)2)22(27)16-25-15-7-10-21(25)23(28)24-18-11-13-19(29-3)14-12-18/h5-6,8-9,11-14,21H,4,7,10,15-16H2,1-3H3,(H,24,28)/t21-/m0/s1. The van der Waals surface area contributed by atoms with Crippen LogP contribution in [0.1, 0.15) is 25.3 Å². The summed E-state index contributed by atoms with van der Waals surface area (Å²) in [5, 5.41) is 2.96. The third-order valence-electron chi connectivity index (χ3n) is 5.39. The number of anilines is 2. The second-order valence-electron chi connectivity index (χ2n) is 7.27. The van der Waals surface area contributed by atoms with Gasteiger partial charge in [-0.25, -0.2) is 0 Å². The number of benzene rings is 2. The summed E-state index contributed by atoms with van der Waals surface area (Å²) in [6.45, 7) is 5.56. The van der Waals surface area contributed by atoms with E-state index in [0.717, 1.165) is 42.1 Å². The Balaban J connectivity index is 1.65. The molecule has 0 saturated carbocycles. The summed E-state index contributed by atoms with van der Waals surface area (Å²) >= 11 is 0. The van der Waals surface area contributed by atoms with Crippen LogP contribution in [0.25, 0.3) is 0 Å². The number of rotatable bonds is 7. The van der Waals surface area contributed by atoms with Crippen molar-refractivity contribution >= 4 is 23.2 Å². The minimum atomic E-state index is -0.295. The van der Waals surface area contributed by atoms with Crippen LogP contribution < -0.4 is 15.0 Å². The van der Waals surface area contributed by atoms with Gasteiger partial charge in [-0.3, -0.25) is 14.5 Å². The van der Waals surface area contributed by atoms with Crippen molar-refractivity contribution in [3.8, 4) is 5.75 Å². The molecule has 1 fully saturated rings. The monoisotopic (exact) mass is 395 g/mol. The number of ether oxygens (including phenoxy) is 1. The normalized spacial score (nSPS) is 16.4. The van der Waals surface area contributed by atoms with Crippen LogP contribution in [0.15, 0.2) is 48.5 Å². The second kappa shape index (κ2) is 9.56. The molecular formula is C23H29N3O3. The zero-order valence-electron chi connectivity index (χ0n) is 17.4. The van der Waals surface area contributed by atoms with Gasteiger partial charge in [0.2, 0.25) is 11.8 Å². The first-order chi connectivity index (χ1) is 14.0. The number of hydrogen-bond donors (Lipinski definition) is 1. The van der Waals surface area contributed by atoms with Gasteiger partial charge in [0.05, 0.1) is 19.7 Å². The molecule has 2 amide bonds. The van der Waals surface area contributed by atoms with Crippen molar-refractivity contribution in [2.45, 2.75) is 32.7 Å². The summed E-state index contributed by atoms with van der Waals surface area (Å²) in [4.78, 5) is 29.6. The van der Waals surface area contributed by atoms with Gasteiger partial charge in [-0.2, -0.15) is 0 Å². The van der Waals surface area contributed by atoms with Crippen molar-refractivity contribution in [2.24, 2.45) is 0 Å². The minimum Gasteiger partial charge on any atom is -0.497 e. The molecule has 2 aromatic carbocycles. The molecule has 1 aliphatic rings. The fourth-order valence-electron chi connectivity index (χ4n) is 3.82. The Kier molecular flexibility index (Phi) is 6.88. The largest absolute Gasteiger partial charge is 0.497 e. The van der Waals surface area contributed by atoms with Crippen LogP contribution in [-0.2, 0) is 9.59 Å². The fourth-order valence-corrected chi connectivity index (χ4v) is 3.82. The number of aryl methyl sites for hydroxylation is 1. The maximum absolute atomic E-state index is 13.0. The molecule has 1 heterocycles. The SMILES string of the molecule is CCN(C(=O)CN1CCC[C@H]1C(=O)Nc1ccc(OC)cc1)c1ccccc1C. The summed E-state index contributed by atoms with van der Waals surface area (Å²) in [5.41, 5.74) is 2.72. The zero-order valence-corrected chi connectivity index (χ0v) is 17.4. The molecule has 1 atom stereocenters. The van der Waals surface area contributed by atoms with Crippen molar-refractivity contribution in [3.05, 3.63) is 54.1 Å². The number of likely N-dealkylation sites (tertiary alicyclic amines) is 1. The van der Waals surface area contributed by atoms with Crippen LogP contribution in [0.4, 0.5) is 11.4 Å². The van der Waals surface area contributed by atoms with Gasteiger partial charge in [-0.05, 0) is 69.1 Å². The number of nitrogens with one attached hydrogen (secondary N) is 1.